The van der Waals surface area contributed by atoms with Crippen LogP contribution in [0.5, 0.6) is 0 Å². The highest BCUT2D eigenvalue weighted by Gasteiger charge is 2.33. The summed E-state index contributed by atoms with van der Waals surface area (Å²) in [7, 11) is 0. The molecule has 0 radical (unpaired) electrons. The average molecular weight is 400 g/mol. The van der Waals surface area contributed by atoms with E-state index in [2.05, 4.69) is 19.2 Å². The third-order valence-corrected chi connectivity index (χ3v) is 7.41. The first kappa shape index (κ1) is 19.5. The van der Waals surface area contributed by atoms with E-state index < -0.39 is 0 Å². The Balaban J connectivity index is 1.74. The molecule has 0 aliphatic heterocycles. The Kier molecular flexibility index (Phi) is 5.50. The Morgan fingerprint density at radius 3 is 2.71 bits per heavy atom. The van der Waals surface area contributed by atoms with Gasteiger partial charge < -0.3 is 5.32 Å². The lowest BCUT2D eigenvalue weighted by atomic mass is 9.78. The summed E-state index contributed by atoms with van der Waals surface area (Å²) in [5, 5.41) is 4.12. The Hall–Kier alpha value is -1.82. The van der Waals surface area contributed by atoms with Gasteiger partial charge in [0.1, 0.15) is 0 Å². The molecule has 2 fully saturated rings. The molecule has 2 aliphatic rings. The lowest BCUT2D eigenvalue weighted by Crippen LogP contribution is -2.37. The minimum absolute atomic E-state index is 0.0221. The normalized spacial score (nSPS) is 26.2. The average Bonchev–Trinajstić information content (AvgIpc) is 3.49. The molecule has 1 amide bonds. The highest BCUT2D eigenvalue weighted by Crippen LogP contribution is 2.39. The van der Waals surface area contributed by atoms with Gasteiger partial charge in [0.05, 0.1) is 16.2 Å². The number of nitrogens with zero attached hydrogens (tertiary/aromatic N) is 2. The Bertz CT molecular complexity index is 937. The fourth-order valence-electron chi connectivity index (χ4n) is 4.18. The van der Waals surface area contributed by atoms with E-state index in [0.29, 0.717) is 33.9 Å². The van der Waals surface area contributed by atoms with Gasteiger partial charge in [0.2, 0.25) is 5.91 Å². The zero-order valence-corrected chi connectivity index (χ0v) is 17.7. The number of aromatic nitrogens is 2. The molecule has 6 heteroatoms. The second kappa shape index (κ2) is 7.90. The fourth-order valence-corrected chi connectivity index (χ4v) is 5.15. The predicted octanol–water partition coefficient (Wildman–Crippen LogP) is 4.15. The molecule has 0 unspecified atom stereocenters. The van der Waals surface area contributed by atoms with Gasteiger partial charge in [0.15, 0.2) is 5.16 Å². The molecule has 1 aromatic heterocycles. The van der Waals surface area contributed by atoms with E-state index in [-0.39, 0.29) is 22.8 Å². The van der Waals surface area contributed by atoms with E-state index in [1.54, 1.807) is 0 Å². The van der Waals surface area contributed by atoms with Crippen molar-refractivity contribution < 1.29 is 4.79 Å². The maximum absolute atomic E-state index is 13.4. The summed E-state index contributed by atoms with van der Waals surface area (Å²) in [6.45, 7) is 6.42. The lowest BCUT2D eigenvalue weighted by molar-refractivity contribution is -0.120. The largest absolute Gasteiger partial charge is 0.352 e. The molecular weight excluding hydrogens is 370 g/mol. The minimum Gasteiger partial charge on any atom is -0.352 e. The van der Waals surface area contributed by atoms with Crippen LogP contribution in [-0.4, -0.2) is 26.8 Å². The van der Waals surface area contributed by atoms with Crippen LogP contribution in [0.15, 0.2) is 34.2 Å². The van der Waals surface area contributed by atoms with Crippen LogP contribution in [0, 0.1) is 11.8 Å². The van der Waals surface area contributed by atoms with Crippen molar-refractivity contribution in [2.45, 2.75) is 75.4 Å². The standard InChI is InChI=1S/C22H29N3O2S/c1-13-7-6-10-19(14(13)2)25-21(27)17-8-4-5-9-18(17)24-22(25)28-15(3)20(26)23-16-11-12-16/h4-5,8-9,13-16,19H,6-7,10-12H2,1-3H3,(H,23,26)/t13-,14-,15+,19+/m1/s1. The molecule has 2 saturated carbocycles. The molecule has 28 heavy (non-hydrogen) atoms. The van der Waals surface area contributed by atoms with Crippen LogP contribution >= 0.6 is 11.8 Å². The predicted molar refractivity (Wildman–Crippen MR) is 114 cm³/mol. The molecule has 5 nitrogen and oxygen atoms in total. The molecular formula is C22H29N3O2S. The van der Waals surface area contributed by atoms with E-state index >= 15 is 0 Å². The van der Waals surface area contributed by atoms with Crippen LogP contribution in [0.1, 0.15) is 58.9 Å². The number of fused-ring (bicyclic) bond motifs is 1. The van der Waals surface area contributed by atoms with Crippen molar-refractivity contribution in [2.24, 2.45) is 11.8 Å². The third kappa shape index (κ3) is 3.84. The molecule has 1 N–H and O–H groups in total. The molecule has 1 aromatic carbocycles. The van der Waals surface area contributed by atoms with Gasteiger partial charge in [-0.05, 0) is 50.2 Å². The van der Waals surface area contributed by atoms with Gasteiger partial charge in [-0.25, -0.2) is 4.98 Å². The summed E-state index contributed by atoms with van der Waals surface area (Å²) < 4.78 is 1.90. The fraction of sp³-hybridized carbons (Fsp3) is 0.591. The molecule has 2 aliphatic carbocycles. The summed E-state index contributed by atoms with van der Waals surface area (Å²) in [5.41, 5.74) is 0.728. The Labute approximate surface area is 170 Å². The Morgan fingerprint density at radius 1 is 1.21 bits per heavy atom. The van der Waals surface area contributed by atoms with Gasteiger partial charge >= 0.3 is 0 Å². The molecule has 0 saturated heterocycles. The van der Waals surface area contributed by atoms with Crippen LogP contribution in [-0.2, 0) is 4.79 Å². The topological polar surface area (TPSA) is 64.0 Å². The number of benzene rings is 1. The van der Waals surface area contributed by atoms with Gasteiger partial charge in [0.25, 0.3) is 5.56 Å². The number of para-hydroxylation sites is 1. The molecule has 2 aromatic rings. The smallest absolute Gasteiger partial charge is 0.262 e. The van der Waals surface area contributed by atoms with Gasteiger partial charge in [-0.2, -0.15) is 0 Å². The Morgan fingerprint density at radius 2 is 1.96 bits per heavy atom. The summed E-state index contributed by atoms with van der Waals surface area (Å²) in [6, 6.07) is 8.00. The van der Waals surface area contributed by atoms with Crippen molar-refractivity contribution in [1.82, 2.24) is 14.9 Å². The van der Waals surface area contributed by atoms with Crippen molar-refractivity contribution >= 4 is 28.6 Å². The summed E-state index contributed by atoms with van der Waals surface area (Å²) >= 11 is 1.41. The van der Waals surface area contributed by atoms with Crippen LogP contribution in [0.2, 0.25) is 0 Å². The molecule has 4 atom stereocenters. The summed E-state index contributed by atoms with van der Waals surface area (Å²) in [4.78, 5) is 30.8. The van der Waals surface area contributed by atoms with E-state index in [4.69, 9.17) is 4.98 Å². The number of thioether (sulfide) groups is 1. The van der Waals surface area contributed by atoms with Crippen LogP contribution in [0.3, 0.4) is 0 Å². The molecule has 1 heterocycles. The monoisotopic (exact) mass is 399 g/mol. The van der Waals surface area contributed by atoms with Gasteiger partial charge in [-0.3, -0.25) is 14.2 Å². The first-order chi connectivity index (χ1) is 13.5. The second-order valence-electron chi connectivity index (χ2n) is 8.46. The quantitative estimate of drug-likeness (QED) is 0.606. The highest BCUT2D eigenvalue weighted by molar-refractivity contribution is 8.00. The van der Waals surface area contributed by atoms with Gasteiger partial charge in [-0.15, -0.1) is 0 Å². The van der Waals surface area contributed by atoms with E-state index in [0.717, 1.165) is 25.7 Å². The van der Waals surface area contributed by atoms with Gasteiger partial charge in [0, 0.05) is 12.1 Å². The second-order valence-corrected chi connectivity index (χ2v) is 9.77. The highest BCUT2D eigenvalue weighted by atomic mass is 32.2. The first-order valence-corrected chi connectivity index (χ1v) is 11.3. The molecule has 0 bridgehead atoms. The number of nitrogens with one attached hydrogen (secondary N) is 1. The van der Waals surface area contributed by atoms with Crippen molar-refractivity contribution in [3.05, 3.63) is 34.6 Å². The summed E-state index contributed by atoms with van der Waals surface area (Å²) in [5.74, 6) is 1.02. The van der Waals surface area contributed by atoms with Crippen LogP contribution in [0.4, 0.5) is 0 Å². The SMILES string of the molecule is C[C@@H]1[C@H](C)CCC[C@@H]1n1c(S[C@@H](C)C(=O)NC2CC2)nc2ccccc2c1=O. The van der Waals surface area contributed by atoms with E-state index in [1.807, 2.05) is 35.8 Å². The third-order valence-electron chi connectivity index (χ3n) is 6.35. The number of hydrogen-bond acceptors (Lipinski definition) is 4. The van der Waals surface area contributed by atoms with Crippen LogP contribution < -0.4 is 10.9 Å². The zero-order chi connectivity index (χ0) is 19.8. The molecule has 150 valence electrons. The summed E-state index contributed by atoms with van der Waals surface area (Å²) in [6.07, 6.45) is 5.45. The number of rotatable bonds is 5. The van der Waals surface area contributed by atoms with Crippen molar-refractivity contribution in [1.29, 1.82) is 0 Å². The molecule has 0 spiro atoms. The van der Waals surface area contributed by atoms with Crippen molar-refractivity contribution in [2.75, 3.05) is 0 Å². The number of carbonyl (C=O) groups excluding carboxylic acids is 1. The number of amides is 1. The van der Waals surface area contributed by atoms with Crippen molar-refractivity contribution in [3.63, 3.8) is 0 Å². The minimum atomic E-state index is -0.281. The zero-order valence-electron chi connectivity index (χ0n) is 16.9. The maximum atomic E-state index is 13.4. The lowest BCUT2D eigenvalue weighted by Gasteiger charge is -2.36. The van der Waals surface area contributed by atoms with Gasteiger partial charge in [-0.1, -0.05) is 50.6 Å². The van der Waals surface area contributed by atoms with E-state index in [9.17, 15) is 9.59 Å². The van der Waals surface area contributed by atoms with E-state index in [1.165, 1.54) is 18.2 Å². The number of hydrogen-bond donors (Lipinski definition) is 1. The number of carbonyl (C=O) groups is 1. The van der Waals surface area contributed by atoms with Crippen LogP contribution in [0.25, 0.3) is 10.9 Å². The molecule has 4 rings (SSSR count). The maximum Gasteiger partial charge on any atom is 0.262 e. The van der Waals surface area contributed by atoms with Crippen molar-refractivity contribution in [3.8, 4) is 0 Å². The first-order valence-electron chi connectivity index (χ1n) is 10.4.